The summed E-state index contributed by atoms with van der Waals surface area (Å²) in [5.74, 6) is 0.965. The van der Waals surface area contributed by atoms with Crippen molar-refractivity contribution in [1.82, 2.24) is 14.7 Å². The molecule has 0 aromatic rings. The molecule has 0 bridgehead atoms. The first-order valence-corrected chi connectivity index (χ1v) is 10.3. The molecule has 3 heteroatoms. The molecule has 0 aromatic heterocycles. The fourth-order valence-electron chi connectivity index (χ4n) is 5.71. The lowest BCUT2D eigenvalue weighted by Crippen LogP contribution is -2.57. The molecule has 23 heavy (non-hydrogen) atoms. The van der Waals surface area contributed by atoms with E-state index >= 15 is 0 Å². The van der Waals surface area contributed by atoms with E-state index < -0.39 is 0 Å². The number of piperidine rings is 3. The summed E-state index contributed by atoms with van der Waals surface area (Å²) >= 11 is 0. The normalized spacial score (nSPS) is 33.1. The molecule has 1 spiro atoms. The second kappa shape index (κ2) is 6.65. The summed E-state index contributed by atoms with van der Waals surface area (Å²) in [5, 5.41) is 0. The van der Waals surface area contributed by atoms with Gasteiger partial charge in [0.2, 0.25) is 0 Å². The Labute approximate surface area is 143 Å². The summed E-state index contributed by atoms with van der Waals surface area (Å²) in [6, 6.07) is 1.83. The Hall–Kier alpha value is -0.120. The van der Waals surface area contributed by atoms with Crippen molar-refractivity contribution < 1.29 is 0 Å². The topological polar surface area (TPSA) is 9.72 Å². The second-order valence-electron chi connectivity index (χ2n) is 9.35. The molecule has 1 aliphatic carbocycles. The Balaban J connectivity index is 1.21. The molecule has 0 amide bonds. The lowest BCUT2D eigenvalue weighted by Gasteiger charge is -2.56. The minimum absolute atomic E-state index is 0.747. The van der Waals surface area contributed by atoms with E-state index in [1.54, 1.807) is 0 Å². The third-order valence-corrected chi connectivity index (χ3v) is 7.74. The zero-order valence-electron chi connectivity index (χ0n) is 15.5. The predicted molar refractivity (Wildman–Crippen MR) is 96.8 cm³/mol. The van der Waals surface area contributed by atoms with Crippen LogP contribution in [-0.2, 0) is 0 Å². The summed E-state index contributed by atoms with van der Waals surface area (Å²) in [7, 11) is 2.29. The maximum absolute atomic E-state index is 2.85. The van der Waals surface area contributed by atoms with E-state index in [1.807, 2.05) is 0 Å². The van der Waals surface area contributed by atoms with Gasteiger partial charge < -0.3 is 14.7 Å². The van der Waals surface area contributed by atoms with Crippen LogP contribution in [0.15, 0.2) is 0 Å². The summed E-state index contributed by atoms with van der Waals surface area (Å²) in [6.45, 7) is 10.6. The van der Waals surface area contributed by atoms with Crippen LogP contribution in [0.2, 0.25) is 0 Å². The zero-order valence-corrected chi connectivity index (χ0v) is 15.5. The monoisotopic (exact) mass is 319 g/mol. The molecule has 0 unspecified atom stereocenters. The number of rotatable bonds is 2. The van der Waals surface area contributed by atoms with Crippen LogP contribution in [-0.4, -0.2) is 73.1 Å². The van der Waals surface area contributed by atoms with E-state index in [0.29, 0.717) is 0 Å². The summed E-state index contributed by atoms with van der Waals surface area (Å²) in [6.07, 6.45) is 11.7. The average Bonchev–Trinajstić information content (AvgIpc) is 2.55. The number of likely N-dealkylation sites (tertiary alicyclic amines) is 3. The Bertz CT molecular complexity index is 378. The molecule has 132 valence electrons. The second-order valence-corrected chi connectivity index (χ2v) is 9.35. The van der Waals surface area contributed by atoms with Crippen LogP contribution < -0.4 is 0 Å². The Morgan fingerprint density at radius 3 is 1.83 bits per heavy atom. The Morgan fingerprint density at radius 1 is 0.696 bits per heavy atom. The van der Waals surface area contributed by atoms with Gasteiger partial charge in [-0.3, -0.25) is 0 Å². The van der Waals surface area contributed by atoms with Gasteiger partial charge in [0, 0.05) is 12.1 Å². The zero-order chi connectivity index (χ0) is 15.9. The molecule has 4 rings (SSSR count). The smallest absolute Gasteiger partial charge is 0.0120 e. The lowest BCUT2D eigenvalue weighted by molar-refractivity contribution is -0.0527. The van der Waals surface area contributed by atoms with Crippen molar-refractivity contribution in [3.8, 4) is 0 Å². The van der Waals surface area contributed by atoms with E-state index in [1.165, 1.54) is 90.6 Å². The highest BCUT2D eigenvalue weighted by atomic mass is 15.2. The van der Waals surface area contributed by atoms with Crippen molar-refractivity contribution in [2.45, 2.75) is 70.4 Å². The van der Waals surface area contributed by atoms with Crippen LogP contribution in [0.5, 0.6) is 0 Å². The molecule has 0 atom stereocenters. The third kappa shape index (κ3) is 3.48. The van der Waals surface area contributed by atoms with Gasteiger partial charge in [0.05, 0.1) is 0 Å². The minimum atomic E-state index is 0.747. The van der Waals surface area contributed by atoms with Gasteiger partial charge in [-0.2, -0.15) is 0 Å². The molecule has 3 aliphatic heterocycles. The number of hydrogen-bond donors (Lipinski definition) is 0. The molecular formula is C20H37N3. The van der Waals surface area contributed by atoms with Gasteiger partial charge >= 0.3 is 0 Å². The molecule has 0 radical (unpaired) electrons. The maximum atomic E-state index is 2.85. The molecule has 4 aliphatic rings. The molecule has 1 saturated carbocycles. The third-order valence-electron chi connectivity index (χ3n) is 7.74. The largest absolute Gasteiger partial charge is 0.306 e. The SMILES string of the molecule is CC1CCN(C2CCN(C3CC4(CCN(C)CC4)C3)CC2)CC1. The standard InChI is InChI=1S/C20H37N3/c1-17-3-9-22(10-4-17)18-5-11-23(12-6-18)19-15-20(16-19)7-13-21(2)14-8-20/h17-19H,3-16H2,1-2H3. The molecule has 0 N–H and O–H groups in total. The van der Waals surface area contributed by atoms with Crippen molar-refractivity contribution in [1.29, 1.82) is 0 Å². The van der Waals surface area contributed by atoms with Gasteiger partial charge in [0.25, 0.3) is 0 Å². The lowest BCUT2D eigenvalue weighted by atomic mass is 9.60. The quantitative estimate of drug-likeness (QED) is 0.774. The van der Waals surface area contributed by atoms with E-state index in [-0.39, 0.29) is 0 Å². The van der Waals surface area contributed by atoms with Crippen molar-refractivity contribution in [2.24, 2.45) is 11.3 Å². The van der Waals surface area contributed by atoms with Gasteiger partial charge in [-0.15, -0.1) is 0 Å². The van der Waals surface area contributed by atoms with Crippen LogP contribution in [0.3, 0.4) is 0 Å². The van der Waals surface area contributed by atoms with Crippen LogP contribution in [0.4, 0.5) is 0 Å². The summed E-state index contributed by atoms with van der Waals surface area (Å²) < 4.78 is 0. The van der Waals surface area contributed by atoms with Crippen LogP contribution >= 0.6 is 0 Å². The summed E-state index contributed by atoms with van der Waals surface area (Å²) in [4.78, 5) is 8.19. The van der Waals surface area contributed by atoms with Gasteiger partial charge in [0.15, 0.2) is 0 Å². The van der Waals surface area contributed by atoms with Gasteiger partial charge in [-0.05, 0) is 109 Å². The predicted octanol–water partition coefficient (Wildman–Crippen LogP) is 3.06. The minimum Gasteiger partial charge on any atom is -0.306 e. The molecule has 0 aromatic carbocycles. The van der Waals surface area contributed by atoms with E-state index in [4.69, 9.17) is 0 Å². The van der Waals surface area contributed by atoms with E-state index in [0.717, 1.165) is 23.4 Å². The average molecular weight is 320 g/mol. The molecule has 3 saturated heterocycles. The van der Waals surface area contributed by atoms with Crippen molar-refractivity contribution >= 4 is 0 Å². The fraction of sp³-hybridized carbons (Fsp3) is 1.00. The highest BCUT2D eigenvalue weighted by molar-refractivity contribution is 5.02. The first kappa shape index (κ1) is 16.4. The van der Waals surface area contributed by atoms with E-state index in [9.17, 15) is 0 Å². The Kier molecular flexibility index (Phi) is 4.73. The van der Waals surface area contributed by atoms with Gasteiger partial charge in [-0.1, -0.05) is 6.92 Å². The maximum Gasteiger partial charge on any atom is 0.0120 e. The van der Waals surface area contributed by atoms with E-state index in [2.05, 4.69) is 28.7 Å². The van der Waals surface area contributed by atoms with Gasteiger partial charge in [-0.25, -0.2) is 0 Å². The Morgan fingerprint density at radius 2 is 1.22 bits per heavy atom. The molecular weight excluding hydrogens is 282 g/mol. The molecule has 3 nitrogen and oxygen atoms in total. The fourth-order valence-corrected chi connectivity index (χ4v) is 5.71. The van der Waals surface area contributed by atoms with Crippen molar-refractivity contribution in [3.05, 3.63) is 0 Å². The van der Waals surface area contributed by atoms with Crippen LogP contribution in [0, 0.1) is 11.3 Å². The highest BCUT2D eigenvalue weighted by Gasteiger charge is 2.47. The van der Waals surface area contributed by atoms with Crippen LogP contribution in [0.1, 0.15) is 58.3 Å². The van der Waals surface area contributed by atoms with Crippen LogP contribution in [0.25, 0.3) is 0 Å². The first-order valence-electron chi connectivity index (χ1n) is 10.3. The molecule has 4 fully saturated rings. The van der Waals surface area contributed by atoms with Gasteiger partial charge in [0.1, 0.15) is 0 Å². The van der Waals surface area contributed by atoms with Crippen molar-refractivity contribution in [3.63, 3.8) is 0 Å². The first-order chi connectivity index (χ1) is 11.1. The summed E-state index contributed by atoms with van der Waals surface area (Å²) in [5.41, 5.74) is 0.747. The molecule has 3 heterocycles. The van der Waals surface area contributed by atoms with Crippen molar-refractivity contribution in [2.75, 3.05) is 46.3 Å². The number of hydrogen-bond acceptors (Lipinski definition) is 3. The number of nitrogens with zero attached hydrogens (tertiary/aromatic N) is 3. The highest BCUT2D eigenvalue weighted by Crippen LogP contribution is 2.51.